The average molecular weight is 297 g/mol. The Balaban J connectivity index is 1.99. The fourth-order valence-electron chi connectivity index (χ4n) is 2.49. The summed E-state index contributed by atoms with van der Waals surface area (Å²) in [5.74, 6) is 0.459. The van der Waals surface area contributed by atoms with Crippen molar-refractivity contribution in [2.75, 3.05) is 26.7 Å². The van der Waals surface area contributed by atoms with Gasteiger partial charge in [-0.05, 0) is 30.9 Å². The molecular weight excluding hydrogens is 274 g/mol. The minimum absolute atomic E-state index is 0.403. The van der Waals surface area contributed by atoms with Gasteiger partial charge in [-0.3, -0.25) is 0 Å². The van der Waals surface area contributed by atoms with Crippen LogP contribution in [0.25, 0.3) is 0 Å². The van der Waals surface area contributed by atoms with Gasteiger partial charge >= 0.3 is 0 Å². The summed E-state index contributed by atoms with van der Waals surface area (Å²) in [6.45, 7) is 2.19. The maximum Gasteiger partial charge on any atom is 0.282 e. The number of nitrogens with zero attached hydrogens (tertiary/aromatic N) is 2. The van der Waals surface area contributed by atoms with Gasteiger partial charge in [-0.2, -0.15) is 17.0 Å². The van der Waals surface area contributed by atoms with Crippen molar-refractivity contribution in [3.05, 3.63) is 35.9 Å². The van der Waals surface area contributed by atoms with E-state index in [4.69, 9.17) is 5.73 Å². The molecule has 0 amide bonds. The van der Waals surface area contributed by atoms with Crippen LogP contribution in [0.4, 0.5) is 0 Å². The molecule has 20 heavy (non-hydrogen) atoms. The van der Waals surface area contributed by atoms with E-state index in [9.17, 15) is 8.42 Å². The number of rotatable bonds is 5. The van der Waals surface area contributed by atoms with Crippen molar-refractivity contribution in [1.82, 2.24) is 8.61 Å². The largest absolute Gasteiger partial charge is 0.330 e. The van der Waals surface area contributed by atoms with E-state index >= 15 is 0 Å². The number of hydrogen-bond acceptors (Lipinski definition) is 3. The molecule has 0 aromatic heterocycles. The Morgan fingerprint density at radius 1 is 1.25 bits per heavy atom. The van der Waals surface area contributed by atoms with Crippen molar-refractivity contribution in [3.63, 3.8) is 0 Å². The SMILES string of the molecule is CN(Cc1ccccc1)S(=O)(=O)N1CCC(CN)CC1. The summed E-state index contributed by atoms with van der Waals surface area (Å²) in [7, 11) is -1.73. The first-order chi connectivity index (χ1) is 9.54. The third kappa shape index (κ3) is 3.58. The molecule has 0 atom stereocenters. The van der Waals surface area contributed by atoms with Crippen LogP contribution in [-0.4, -0.2) is 43.7 Å². The molecule has 5 nitrogen and oxygen atoms in total. The van der Waals surface area contributed by atoms with E-state index in [1.54, 1.807) is 11.4 Å². The maximum atomic E-state index is 12.5. The second kappa shape index (κ2) is 6.67. The van der Waals surface area contributed by atoms with Crippen LogP contribution in [0.3, 0.4) is 0 Å². The molecule has 1 aromatic carbocycles. The monoisotopic (exact) mass is 297 g/mol. The molecule has 0 spiro atoms. The van der Waals surface area contributed by atoms with Crippen molar-refractivity contribution < 1.29 is 8.42 Å². The van der Waals surface area contributed by atoms with E-state index in [0.717, 1.165) is 18.4 Å². The van der Waals surface area contributed by atoms with Gasteiger partial charge in [-0.15, -0.1) is 0 Å². The lowest BCUT2D eigenvalue weighted by Crippen LogP contribution is -2.46. The molecule has 2 rings (SSSR count). The summed E-state index contributed by atoms with van der Waals surface area (Å²) >= 11 is 0. The molecule has 0 bridgehead atoms. The molecule has 1 fully saturated rings. The summed E-state index contributed by atoms with van der Waals surface area (Å²) in [5, 5.41) is 0. The van der Waals surface area contributed by atoms with Crippen molar-refractivity contribution >= 4 is 10.2 Å². The molecule has 1 saturated heterocycles. The highest BCUT2D eigenvalue weighted by molar-refractivity contribution is 7.86. The van der Waals surface area contributed by atoms with Crippen molar-refractivity contribution in [1.29, 1.82) is 0 Å². The first-order valence-electron chi connectivity index (χ1n) is 6.99. The Morgan fingerprint density at radius 2 is 1.85 bits per heavy atom. The molecular formula is C14H23N3O2S. The normalized spacial score (nSPS) is 18.6. The van der Waals surface area contributed by atoms with Gasteiger partial charge in [0, 0.05) is 26.7 Å². The lowest BCUT2D eigenvalue weighted by Gasteiger charge is -2.33. The predicted molar refractivity (Wildman–Crippen MR) is 80.2 cm³/mol. The van der Waals surface area contributed by atoms with Gasteiger partial charge in [0.2, 0.25) is 0 Å². The summed E-state index contributed by atoms with van der Waals surface area (Å²) in [6, 6.07) is 9.64. The van der Waals surface area contributed by atoms with Crippen molar-refractivity contribution in [2.45, 2.75) is 19.4 Å². The Labute approximate surface area is 121 Å². The van der Waals surface area contributed by atoms with Gasteiger partial charge in [0.1, 0.15) is 0 Å². The zero-order valence-corrected chi connectivity index (χ0v) is 12.7. The van der Waals surface area contributed by atoms with Crippen LogP contribution in [0.2, 0.25) is 0 Å². The first kappa shape index (κ1) is 15.4. The third-order valence-electron chi connectivity index (χ3n) is 3.88. The quantitative estimate of drug-likeness (QED) is 0.883. The van der Waals surface area contributed by atoms with Crippen LogP contribution in [0, 0.1) is 5.92 Å². The van der Waals surface area contributed by atoms with Gasteiger partial charge in [0.15, 0.2) is 0 Å². The van der Waals surface area contributed by atoms with Crippen molar-refractivity contribution in [2.24, 2.45) is 11.7 Å². The van der Waals surface area contributed by atoms with Crippen molar-refractivity contribution in [3.8, 4) is 0 Å². The Morgan fingerprint density at radius 3 is 2.40 bits per heavy atom. The zero-order valence-electron chi connectivity index (χ0n) is 11.9. The molecule has 0 unspecified atom stereocenters. The van der Waals surface area contributed by atoms with E-state index in [0.29, 0.717) is 32.1 Å². The van der Waals surface area contributed by atoms with E-state index < -0.39 is 10.2 Å². The molecule has 2 N–H and O–H groups in total. The fraction of sp³-hybridized carbons (Fsp3) is 0.571. The molecule has 112 valence electrons. The van der Waals surface area contributed by atoms with Crippen LogP contribution < -0.4 is 5.73 Å². The predicted octanol–water partition coefficient (Wildman–Crippen LogP) is 1.03. The molecule has 6 heteroatoms. The molecule has 1 aliphatic heterocycles. The standard InChI is InChI=1S/C14H23N3O2S/c1-16(12-14-5-3-2-4-6-14)20(18,19)17-9-7-13(11-15)8-10-17/h2-6,13H,7-12,15H2,1H3. The second-order valence-corrected chi connectivity index (χ2v) is 7.36. The van der Waals surface area contributed by atoms with Crippen LogP contribution in [0.5, 0.6) is 0 Å². The van der Waals surface area contributed by atoms with Gasteiger partial charge < -0.3 is 5.73 Å². The maximum absolute atomic E-state index is 12.5. The van der Waals surface area contributed by atoms with Crippen LogP contribution in [0.1, 0.15) is 18.4 Å². The van der Waals surface area contributed by atoms with Crippen LogP contribution in [0.15, 0.2) is 30.3 Å². The molecule has 0 saturated carbocycles. The van der Waals surface area contributed by atoms with E-state index in [-0.39, 0.29) is 0 Å². The minimum Gasteiger partial charge on any atom is -0.330 e. The highest BCUT2D eigenvalue weighted by atomic mass is 32.2. The molecule has 1 aromatic rings. The van der Waals surface area contributed by atoms with Gasteiger partial charge in [0.25, 0.3) is 10.2 Å². The Kier molecular flexibility index (Phi) is 5.15. The molecule has 1 heterocycles. The smallest absolute Gasteiger partial charge is 0.282 e. The van der Waals surface area contributed by atoms with Gasteiger partial charge in [-0.1, -0.05) is 30.3 Å². The number of hydrogen-bond donors (Lipinski definition) is 1. The summed E-state index contributed by atoms with van der Waals surface area (Å²) in [6.07, 6.45) is 1.71. The topological polar surface area (TPSA) is 66.6 Å². The third-order valence-corrected chi connectivity index (χ3v) is 5.81. The fourth-order valence-corrected chi connectivity index (χ4v) is 3.87. The zero-order chi connectivity index (χ0) is 14.6. The minimum atomic E-state index is -3.37. The lowest BCUT2D eigenvalue weighted by atomic mass is 9.99. The Hall–Kier alpha value is -0.950. The molecule has 0 radical (unpaired) electrons. The summed E-state index contributed by atoms with van der Waals surface area (Å²) in [4.78, 5) is 0. The second-order valence-electron chi connectivity index (χ2n) is 5.33. The van der Waals surface area contributed by atoms with Crippen LogP contribution >= 0.6 is 0 Å². The number of piperidine rings is 1. The average Bonchev–Trinajstić information content (AvgIpc) is 2.48. The summed E-state index contributed by atoms with van der Waals surface area (Å²) < 4.78 is 28.0. The first-order valence-corrected chi connectivity index (χ1v) is 8.39. The number of nitrogens with two attached hydrogens (primary N) is 1. The van der Waals surface area contributed by atoms with Gasteiger partial charge in [-0.25, -0.2) is 0 Å². The Bertz CT molecular complexity index is 510. The highest BCUT2D eigenvalue weighted by Crippen LogP contribution is 2.20. The molecule has 0 aliphatic carbocycles. The van der Waals surface area contributed by atoms with E-state index in [1.807, 2.05) is 30.3 Å². The van der Waals surface area contributed by atoms with Gasteiger partial charge in [0.05, 0.1) is 0 Å². The van der Waals surface area contributed by atoms with E-state index in [1.165, 1.54) is 4.31 Å². The summed E-state index contributed by atoms with van der Waals surface area (Å²) in [5.41, 5.74) is 6.64. The van der Waals surface area contributed by atoms with E-state index in [2.05, 4.69) is 0 Å². The highest BCUT2D eigenvalue weighted by Gasteiger charge is 2.30. The lowest BCUT2D eigenvalue weighted by molar-refractivity contribution is 0.262. The number of benzene rings is 1. The molecule has 1 aliphatic rings. The van der Waals surface area contributed by atoms with Crippen LogP contribution in [-0.2, 0) is 16.8 Å².